The number of anilines is 2. The molecule has 0 unspecified atom stereocenters. The molecule has 0 aromatic heterocycles. The van der Waals surface area contributed by atoms with Crippen molar-refractivity contribution in [3.63, 3.8) is 0 Å². The summed E-state index contributed by atoms with van der Waals surface area (Å²) in [4.78, 5) is 28.3. The summed E-state index contributed by atoms with van der Waals surface area (Å²) in [7, 11) is 4.70. The molecule has 0 aliphatic carbocycles. The van der Waals surface area contributed by atoms with Gasteiger partial charge in [-0.3, -0.25) is 9.59 Å². The second kappa shape index (κ2) is 10.1. The number of carbonyl (C=O) groups excluding carboxylic acids is 2. The SMILES string of the molecule is COc1ccc([C@H]2[C@@H](C(=O)Nc3ccc(OC)c(Cl)c3)CC(=O)N2c2ccc(OC)cc2)cc1. The molecule has 0 spiro atoms. The summed E-state index contributed by atoms with van der Waals surface area (Å²) in [6, 6.07) is 19.1. The smallest absolute Gasteiger partial charge is 0.230 e. The van der Waals surface area contributed by atoms with Crippen LogP contribution in [0.15, 0.2) is 66.7 Å². The van der Waals surface area contributed by atoms with Gasteiger partial charge in [-0.2, -0.15) is 0 Å². The standard InChI is InChI=1S/C26H25ClN2O5/c1-32-19-9-4-16(5-10-19)25-21(26(31)28-17-6-13-23(34-3)22(27)14-17)15-24(30)29(25)18-7-11-20(33-2)12-8-18/h4-14,21,25H,15H2,1-3H3,(H,28,31)/t21-,25-/m0/s1. The Hall–Kier alpha value is -3.71. The lowest BCUT2D eigenvalue weighted by atomic mass is 9.92. The molecule has 4 rings (SSSR count). The van der Waals surface area contributed by atoms with Crippen LogP contribution in [-0.2, 0) is 9.59 Å². The van der Waals surface area contributed by atoms with Gasteiger partial charge in [0.25, 0.3) is 0 Å². The summed E-state index contributed by atoms with van der Waals surface area (Å²) >= 11 is 6.22. The fraction of sp³-hybridized carbons (Fsp3) is 0.231. The maximum atomic E-state index is 13.4. The first-order valence-electron chi connectivity index (χ1n) is 10.7. The summed E-state index contributed by atoms with van der Waals surface area (Å²) in [6.45, 7) is 0. The minimum Gasteiger partial charge on any atom is -0.497 e. The number of carbonyl (C=O) groups is 2. The Morgan fingerprint density at radius 1 is 0.912 bits per heavy atom. The van der Waals surface area contributed by atoms with Gasteiger partial charge in [-0.1, -0.05) is 23.7 Å². The molecule has 8 heteroatoms. The van der Waals surface area contributed by atoms with Crippen LogP contribution in [0.1, 0.15) is 18.0 Å². The fourth-order valence-electron chi connectivity index (χ4n) is 4.18. The Balaban J connectivity index is 1.68. The maximum Gasteiger partial charge on any atom is 0.230 e. The van der Waals surface area contributed by atoms with Crippen molar-refractivity contribution in [3.8, 4) is 17.2 Å². The number of rotatable bonds is 7. The molecule has 34 heavy (non-hydrogen) atoms. The molecule has 3 aromatic rings. The molecule has 1 aliphatic heterocycles. The Morgan fingerprint density at radius 3 is 2.09 bits per heavy atom. The van der Waals surface area contributed by atoms with Crippen LogP contribution in [0.3, 0.4) is 0 Å². The molecule has 1 aliphatic rings. The van der Waals surface area contributed by atoms with E-state index >= 15 is 0 Å². The van der Waals surface area contributed by atoms with E-state index in [2.05, 4.69) is 5.32 Å². The molecule has 0 bridgehead atoms. The number of methoxy groups -OCH3 is 3. The topological polar surface area (TPSA) is 77.1 Å². The van der Waals surface area contributed by atoms with E-state index in [0.29, 0.717) is 33.6 Å². The Labute approximate surface area is 203 Å². The first kappa shape index (κ1) is 23.4. The molecule has 3 aromatic carbocycles. The summed E-state index contributed by atoms with van der Waals surface area (Å²) < 4.78 is 15.7. The maximum absolute atomic E-state index is 13.4. The van der Waals surface area contributed by atoms with E-state index in [0.717, 1.165) is 5.56 Å². The molecule has 1 heterocycles. The van der Waals surface area contributed by atoms with E-state index in [1.165, 1.54) is 7.11 Å². The van der Waals surface area contributed by atoms with Crippen LogP contribution in [0.4, 0.5) is 11.4 Å². The van der Waals surface area contributed by atoms with Crippen LogP contribution in [0.2, 0.25) is 5.02 Å². The van der Waals surface area contributed by atoms with Crippen LogP contribution in [-0.4, -0.2) is 33.1 Å². The van der Waals surface area contributed by atoms with Crippen molar-refractivity contribution in [1.29, 1.82) is 0 Å². The van der Waals surface area contributed by atoms with Gasteiger partial charge in [-0.25, -0.2) is 0 Å². The number of hydrogen-bond donors (Lipinski definition) is 1. The molecular formula is C26H25ClN2O5. The number of halogens is 1. The Bertz CT molecular complexity index is 1180. The van der Waals surface area contributed by atoms with Gasteiger partial charge in [-0.05, 0) is 60.2 Å². The van der Waals surface area contributed by atoms with Gasteiger partial charge in [0.1, 0.15) is 17.2 Å². The van der Waals surface area contributed by atoms with E-state index in [-0.39, 0.29) is 18.2 Å². The number of nitrogens with one attached hydrogen (secondary N) is 1. The van der Waals surface area contributed by atoms with Gasteiger partial charge in [0.15, 0.2) is 0 Å². The molecule has 0 radical (unpaired) electrons. The van der Waals surface area contributed by atoms with Gasteiger partial charge in [0, 0.05) is 17.8 Å². The van der Waals surface area contributed by atoms with E-state index in [1.807, 2.05) is 36.4 Å². The lowest BCUT2D eigenvalue weighted by Crippen LogP contribution is -2.32. The van der Waals surface area contributed by atoms with Crippen molar-refractivity contribution in [1.82, 2.24) is 0 Å². The zero-order chi connectivity index (χ0) is 24.2. The van der Waals surface area contributed by atoms with Crippen LogP contribution in [0.25, 0.3) is 0 Å². The zero-order valence-corrected chi connectivity index (χ0v) is 19.8. The first-order valence-corrected chi connectivity index (χ1v) is 11.1. The van der Waals surface area contributed by atoms with E-state index in [1.54, 1.807) is 49.5 Å². The van der Waals surface area contributed by atoms with E-state index < -0.39 is 12.0 Å². The lowest BCUT2D eigenvalue weighted by molar-refractivity contribution is -0.122. The second-order valence-electron chi connectivity index (χ2n) is 7.83. The lowest BCUT2D eigenvalue weighted by Gasteiger charge is -2.28. The van der Waals surface area contributed by atoms with Crippen LogP contribution >= 0.6 is 11.6 Å². The van der Waals surface area contributed by atoms with Gasteiger partial charge < -0.3 is 24.4 Å². The van der Waals surface area contributed by atoms with Gasteiger partial charge in [0.05, 0.1) is 38.3 Å². The van der Waals surface area contributed by atoms with Gasteiger partial charge in [0.2, 0.25) is 11.8 Å². The molecule has 1 saturated heterocycles. The van der Waals surface area contributed by atoms with Crippen molar-refractivity contribution in [2.24, 2.45) is 5.92 Å². The fourth-order valence-corrected chi connectivity index (χ4v) is 4.44. The van der Waals surface area contributed by atoms with Crippen molar-refractivity contribution >= 4 is 34.8 Å². The third-order valence-corrected chi connectivity index (χ3v) is 6.18. The molecular weight excluding hydrogens is 456 g/mol. The zero-order valence-electron chi connectivity index (χ0n) is 19.1. The minimum absolute atomic E-state index is 0.0679. The first-order chi connectivity index (χ1) is 16.4. The number of hydrogen-bond acceptors (Lipinski definition) is 5. The van der Waals surface area contributed by atoms with E-state index in [4.69, 9.17) is 25.8 Å². The molecule has 1 fully saturated rings. The minimum atomic E-state index is -0.621. The molecule has 2 amide bonds. The number of ether oxygens (including phenoxy) is 3. The largest absolute Gasteiger partial charge is 0.497 e. The Morgan fingerprint density at radius 2 is 1.53 bits per heavy atom. The monoisotopic (exact) mass is 480 g/mol. The molecule has 176 valence electrons. The second-order valence-corrected chi connectivity index (χ2v) is 8.24. The highest BCUT2D eigenvalue weighted by Crippen LogP contribution is 2.42. The van der Waals surface area contributed by atoms with Gasteiger partial charge >= 0.3 is 0 Å². The highest BCUT2D eigenvalue weighted by atomic mass is 35.5. The number of benzene rings is 3. The number of nitrogens with zero attached hydrogens (tertiary/aromatic N) is 1. The summed E-state index contributed by atoms with van der Waals surface area (Å²) in [5.41, 5.74) is 2.05. The average molecular weight is 481 g/mol. The van der Waals surface area contributed by atoms with Crippen molar-refractivity contribution in [2.45, 2.75) is 12.5 Å². The summed E-state index contributed by atoms with van der Waals surface area (Å²) in [5, 5.41) is 3.29. The summed E-state index contributed by atoms with van der Waals surface area (Å²) in [6.07, 6.45) is 0.0679. The van der Waals surface area contributed by atoms with Crippen LogP contribution in [0.5, 0.6) is 17.2 Å². The highest BCUT2D eigenvalue weighted by Gasteiger charge is 2.45. The van der Waals surface area contributed by atoms with Crippen molar-refractivity contribution in [2.75, 3.05) is 31.5 Å². The molecule has 0 saturated carbocycles. The molecule has 2 atom stereocenters. The predicted molar refractivity (Wildman–Crippen MR) is 131 cm³/mol. The quantitative estimate of drug-likeness (QED) is 0.509. The average Bonchev–Trinajstić information content (AvgIpc) is 3.21. The summed E-state index contributed by atoms with van der Waals surface area (Å²) in [5.74, 6) is 0.853. The third kappa shape index (κ3) is 4.65. The highest BCUT2D eigenvalue weighted by molar-refractivity contribution is 6.32. The van der Waals surface area contributed by atoms with E-state index in [9.17, 15) is 9.59 Å². The van der Waals surface area contributed by atoms with Crippen molar-refractivity contribution in [3.05, 3.63) is 77.3 Å². The van der Waals surface area contributed by atoms with Crippen LogP contribution in [0, 0.1) is 5.92 Å². The molecule has 1 N–H and O–H groups in total. The van der Waals surface area contributed by atoms with Crippen molar-refractivity contribution < 1.29 is 23.8 Å². The number of amides is 2. The normalized spacial score (nSPS) is 17.4. The van der Waals surface area contributed by atoms with Crippen LogP contribution < -0.4 is 24.4 Å². The Kier molecular flexibility index (Phi) is 6.93. The predicted octanol–water partition coefficient (Wildman–Crippen LogP) is 5.10. The van der Waals surface area contributed by atoms with Gasteiger partial charge in [-0.15, -0.1) is 0 Å². The molecule has 7 nitrogen and oxygen atoms in total. The third-order valence-electron chi connectivity index (χ3n) is 5.89.